The molecule has 0 radical (unpaired) electrons. The molecule has 5 heterocycles. The molecular weight excluding hydrogens is 374 g/mol. The third-order valence-electron chi connectivity index (χ3n) is 5.02. The summed E-state index contributed by atoms with van der Waals surface area (Å²) in [5, 5.41) is 17.4. The molecule has 0 aromatic carbocycles. The van der Waals surface area contributed by atoms with Crippen molar-refractivity contribution < 1.29 is 0 Å². The van der Waals surface area contributed by atoms with Gasteiger partial charge in [-0.1, -0.05) is 18.7 Å². The lowest BCUT2D eigenvalue weighted by Crippen LogP contribution is -2.23. The van der Waals surface area contributed by atoms with Crippen molar-refractivity contribution in [1.82, 2.24) is 35.3 Å². The maximum atomic E-state index is 4.57. The SMILES string of the molecule is C=C(/C=c1/c(-c2cc3c(-c4ccccn4)nccc3[nH]2)n[nH]/c1=C/C)c1cn[nH]c1. The van der Waals surface area contributed by atoms with E-state index >= 15 is 0 Å². The Bertz CT molecular complexity index is 1460. The van der Waals surface area contributed by atoms with Crippen molar-refractivity contribution in [3.05, 3.63) is 77.8 Å². The quantitative estimate of drug-likeness (QED) is 0.437. The van der Waals surface area contributed by atoms with Crippen molar-refractivity contribution in [1.29, 1.82) is 0 Å². The van der Waals surface area contributed by atoms with Crippen LogP contribution in [0.2, 0.25) is 0 Å². The van der Waals surface area contributed by atoms with E-state index in [4.69, 9.17) is 0 Å². The third kappa shape index (κ3) is 3.02. The lowest BCUT2D eigenvalue weighted by Gasteiger charge is -2.00. The molecule has 0 fully saturated rings. The standard InChI is InChI=1S/C23H19N7/c1-3-18-16(10-14(2)15-12-26-27-13-15)23(30-29-18)21-11-17-19(28-21)7-9-25-22(17)20-6-4-5-8-24-20/h3-13,28-29H,2H2,1H3,(H,26,27)/b16-10+,18-3+. The number of H-pyrrole nitrogens is 3. The van der Waals surface area contributed by atoms with Gasteiger partial charge in [0.15, 0.2) is 0 Å². The molecule has 0 saturated heterocycles. The molecule has 0 saturated carbocycles. The average Bonchev–Trinajstić information content (AvgIpc) is 3.53. The zero-order valence-corrected chi connectivity index (χ0v) is 16.3. The smallest absolute Gasteiger partial charge is 0.116 e. The van der Waals surface area contributed by atoms with Gasteiger partial charge in [-0.05, 0) is 42.8 Å². The number of aromatic amines is 3. The first-order valence-corrected chi connectivity index (χ1v) is 9.54. The highest BCUT2D eigenvalue weighted by Gasteiger charge is 2.13. The molecule has 0 spiro atoms. The van der Waals surface area contributed by atoms with E-state index in [9.17, 15) is 0 Å². The number of rotatable bonds is 4. The van der Waals surface area contributed by atoms with Crippen LogP contribution in [0.4, 0.5) is 0 Å². The summed E-state index contributed by atoms with van der Waals surface area (Å²) in [5.41, 5.74) is 6.14. The van der Waals surface area contributed by atoms with Crippen molar-refractivity contribution in [3.63, 3.8) is 0 Å². The number of nitrogens with zero attached hydrogens (tertiary/aromatic N) is 4. The zero-order valence-electron chi connectivity index (χ0n) is 16.3. The molecule has 7 heteroatoms. The van der Waals surface area contributed by atoms with Crippen LogP contribution in [0.1, 0.15) is 12.5 Å². The van der Waals surface area contributed by atoms with E-state index < -0.39 is 0 Å². The molecule has 0 amide bonds. The van der Waals surface area contributed by atoms with Crippen LogP contribution >= 0.6 is 0 Å². The topological polar surface area (TPSA) is 98.9 Å². The Labute approximate surface area is 171 Å². The fourth-order valence-corrected chi connectivity index (χ4v) is 3.51. The molecule has 30 heavy (non-hydrogen) atoms. The van der Waals surface area contributed by atoms with Crippen LogP contribution in [0.5, 0.6) is 0 Å². The van der Waals surface area contributed by atoms with Gasteiger partial charge < -0.3 is 4.98 Å². The largest absolute Gasteiger partial charge is 0.353 e. The highest BCUT2D eigenvalue weighted by Crippen LogP contribution is 2.28. The van der Waals surface area contributed by atoms with Crippen molar-refractivity contribution in [3.8, 4) is 22.8 Å². The number of pyridine rings is 2. The van der Waals surface area contributed by atoms with E-state index in [2.05, 4.69) is 48.0 Å². The number of aromatic nitrogens is 7. The van der Waals surface area contributed by atoms with E-state index in [-0.39, 0.29) is 0 Å². The highest BCUT2D eigenvalue weighted by molar-refractivity contribution is 5.95. The fourth-order valence-electron chi connectivity index (χ4n) is 3.51. The summed E-state index contributed by atoms with van der Waals surface area (Å²) in [6, 6.07) is 9.84. The number of hydrogen-bond acceptors (Lipinski definition) is 4. The molecule has 0 aliphatic rings. The predicted octanol–water partition coefficient (Wildman–Crippen LogP) is 3.03. The van der Waals surface area contributed by atoms with Gasteiger partial charge in [0.1, 0.15) is 5.69 Å². The molecule has 0 unspecified atom stereocenters. The molecule has 7 nitrogen and oxygen atoms in total. The average molecular weight is 393 g/mol. The molecule has 5 aromatic rings. The first-order chi connectivity index (χ1) is 14.7. The van der Waals surface area contributed by atoms with E-state index in [1.165, 1.54) is 0 Å². The van der Waals surface area contributed by atoms with Crippen LogP contribution in [0.25, 0.3) is 51.4 Å². The van der Waals surface area contributed by atoms with Crippen LogP contribution in [0.15, 0.2) is 61.7 Å². The van der Waals surface area contributed by atoms with Crippen molar-refractivity contribution in [2.75, 3.05) is 0 Å². The van der Waals surface area contributed by atoms with E-state index in [0.717, 1.165) is 55.4 Å². The summed E-state index contributed by atoms with van der Waals surface area (Å²) in [4.78, 5) is 12.5. The monoisotopic (exact) mass is 393 g/mol. The summed E-state index contributed by atoms with van der Waals surface area (Å²) in [6.45, 7) is 6.15. The Balaban J connectivity index is 1.69. The fraction of sp³-hybridized carbons (Fsp3) is 0.0435. The van der Waals surface area contributed by atoms with Crippen LogP contribution in [-0.4, -0.2) is 35.3 Å². The molecule has 0 atom stereocenters. The number of allylic oxidation sites excluding steroid dienone is 1. The third-order valence-corrected chi connectivity index (χ3v) is 5.02. The highest BCUT2D eigenvalue weighted by atomic mass is 15.1. The maximum Gasteiger partial charge on any atom is 0.116 e. The minimum atomic E-state index is 0.816. The predicted molar refractivity (Wildman–Crippen MR) is 118 cm³/mol. The van der Waals surface area contributed by atoms with E-state index in [1.807, 2.05) is 49.5 Å². The van der Waals surface area contributed by atoms with Gasteiger partial charge in [-0.15, -0.1) is 0 Å². The second-order valence-electron chi connectivity index (χ2n) is 6.86. The Morgan fingerprint density at radius 1 is 1.10 bits per heavy atom. The Morgan fingerprint density at radius 2 is 2.03 bits per heavy atom. The first kappa shape index (κ1) is 17.8. The second-order valence-corrected chi connectivity index (χ2v) is 6.86. The van der Waals surface area contributed by atoms with Gasteiger partial charge in [-0.2, -0.15) is 10.2 Å². The molecule has 5 aromatic heterocycles. The molecule has 3 N–H and O–H groups in total. The molecular formula is C23H19N7. The minimum absolute atomic E-state index is 0.816. The van der Waals surface area contributed by atoms with Crippen molar-refractivity contribution in [2.45, 2.75) is 6.92 Å². The molecule has 0 bridgehead atoms. The first-order valence-electron chi connectivity index (χ1n) is 9.54. The number of nitrogens with one attached hydrogen (secondary N) is 3. The van der Waals surface area contributed by atoms with Gasteiger partial charge in [0.2, 0.25) is 0 Å². The summed E-state index contributed by atoms with van der Waals surface area (Å²) in [5.74, 6) is 0. The summed E-state index contributed by atoms with van der Waals surface area (Å²) < 4.78 is 0. The minimum Gasteiger partial charge on any atom is -0.353 e. The lowest BCUT2D eigenvalue weighted by atomic mass is 10.1. The molecule has 0 aliphatic carbocycles. The lowest BCUT2D eigenvalue weighted by molar-refractivity contribution is 1.06. The molecule has 5 rings (SSSR count). The van der Waals surface area contributed by atoms with Crippen LogP contribution < -0.4 is 10.6 Å². The van der Waals surface area contributed by atoms with Gasteiger partial charge in [0, 0.05) is 40.3 Å². The maximum absolute atomic E-state index is 4.57. The summed E-state index contributed by atoms with van der Waals surface area (Å²) in [7, 11) is 0. The van der Waals surface area contributed by atoms with Gasteiger partial charge >= 0.3 is 0 Å². The second kappa shape index (κ2) is 7.29. The van der Waals surface area contributed by atoms with E-state index in [0.29, 0.717) is 0 Å². The number of hydrogen-bond donors (Lipinski definition) is 3. The molecule has 146 valence electrons. The van der Waals surface area contributed by atoms with Gasteiger partial charge in [-0.25, -0.2) is 0 Å². The Kier molecular flexibility index (Phi) is 4.33. The zero-order chi connectivity index (χ0) is 20.5. The Hall–Kier alpha value is -4.26. The Morgan fingerprint density at radius 3 is 2.80 bits per heavy atom. The van der Waals surface area contributed by atoms with Gasteiger partial charge in [0.25, 0.3) is 0 Å². The normalized spacial score (nSPS) is 12.7. The van der Waals surface area contributed by atoms with Gasteiger partial charge in [-0.3, -0.25) is 20.2 Å². The van der Waals surface area contributed by atoms with Crippen molar-refractivity contribution in [2.24, 2.45) is 0 Å². The molecule has 0 aliphatic heterocycles. The van der Waals surface area contributed by atoms with Gasteiger partial charge in [0.05, 0.1) is 28.6 Å². The van der Waals surface area contributed by atoms with Crippen LogP contribution in [-0.2, 0) is 0 Å². The summed E-state index contributed by atoms with van der Waals surface area (Å²) in [6.07, 6.45) is 11.1. The van der Waals surface area contributed by atoms with Crippen LogP contribution in [0, 0.1) is 0 Å². The van der Waals surface area contributed by atoms with Crippen LogP contribution in [0.3, 0.4) is 0 Å². The van der Waals surface area contributed by atoms with Crippen molar-refractivity contribution >= 4 is 28.6 Å². The number of fused-ring (bicyclic) bond motifs is 1. The van der Waals surface area contributed by atoms with E-state index in [1.54, 1.807) is 18.6 Å². The summed E-state index contributed by atoms with van der Waals surface area (Å²) >= 11 is 0.